The molecule has 3 unspecified atom stereocenters. The minimum absolute atomic E-state index is 0.0294. The minimum Gasteiger partial charge on any atom is -0.340 e. The summed E-state index contributed by atoms with van der Waals surface area (Å²) in [6, 6.07) is -0.229. The molecule has 1 aliphatic rings. The number of hydrogen-bond donors (Lipinski definition) is 1. The van der Waals surface area contributed by atoms with Crippen molar-refractivity contribution >= 4 is 11.8 Å². The van der Waals surface area contributed by atoms with Crippen LogP contribution in [-0.2, 0) is 9.59 Å². The van der Waals surface area contributed by atoms with Crippen LogP contribution in [-0.4, -0.2) is 34.3 Å². The minimum atomic E-state index is -0.787. The molecule has 1 N–H and O–H groups in total. The maximum absolute atomic E-state index is 12.5. The Balaban J connectivity index is 3.08. The molecule has 4 nitrogen and oxygen atoms in total. The van der Waals surface area contributed by atoms with Gasteiger partial charge in [-0.15, -0.1) is 0 Å². The molecule has 0 bridgehead atoms. The number of carbonyl (C=O) groups excluding carboxylic acids is 2. The second kappa shape index (κ2) is 5.29. The normalized spacial score (nSPS) is 26.8. The fourth-order valence-corrected chi connectivity index (χ4v) is 2.50. The number of nitrogens with one attached hydrogen (secondary N) is 1. The van der Waals surface area contributed by atoms with E-state index in [0.29, 0.717) is 12.3 Å². The van der Waals surface area contributed by atoms with Crippen molar-refractivity contribution in [3.63, 3.8) is 0 Å². The van der Waals surface area contributed by atoms with Crippen molar-refractivity contribution in [1.82, 2.24) is 10.2 Å². The monoisotopic (exact) mass is 254 g/mol. The summed E-state index contributed by atoms with van der Waals surface area (Å²) in [6.45, 7) is 11.8. The molecule has 2 amide bonds. The summed E-state index contributed by atoms with van der Waals surface area (Å²) in [6.07, 6.45) is 1.66. The summed E-state index contributed by atoms with van der Waals surface area (Å²) in [5, 5.41) is 2.82. The van der Waals surface area contributed by atoms with Crippen molar-refractivity contribution in [2.45, 2.75) is 72.0 Å². The highest BCUT2D eigenvalue weighted by atomic mass is 16.2. The van der Waals surface area contributed by atoms with E-state index in [4.69, 9.17) is 0 Å². The lowest BCUT2D eigenvalue weighted by molar-refractivity contribution is -0.157. The molecule has 1 saturated heterocycles. The number of nitrogens with zero attached hydrogens (tertiary/aromatic N) is 1. The maximum Gasteiger partial charge on any atom is 0.248 e. The Bertz CT molecular complexity index is 339. The first-order valence-electron chi connectivity index (χ1n) is 6.91. The van der Waals surface area contributed by atoms with Crippen LogP contribution in [0.2, 0.25) is 0 Å². The molecule has 3 atom stereocenters. The highest BCUT2D eigenvalue weighted by Gasteiger charge is 2.46. The van der Waals surface area contributed by atoms with Gasteiger partial charge in [0.05, 0.1) is 0 Å². The summed E-state index contributed by atoms with van der Waals surface area (Å²) >= 11 is 0. The molecule has 0 radical (unpaired) electrons. The van der Waals surface area contributed by atoms with Crippen LogP contribution in [0, 0.1) is 5.92 Å². The average Bonchev–Trinajstić information content (AvgIpc) is 2.30. The zero-order valence-electron chi connectivity index (χ0n) is 12.4. The molecule has 18 heavy (non-hydrogen) atoms. The van der Waals surface area contributed by atoms with Crippen molar-refractivity contribution in [1.29, 1.82) is 0 Å². The van der Waals surface area contributed by atoms with E-state index in [1.165, 1.54) is 0 Å². The lowest BCUT2D eigenvalue weighted by Gasteiger charge is -2.46. The molecule has 1 heterocycles. The molecule has 0 aromatic heterocycles. The van der Waals surface area contributed by atoms with E-state index in [0.717, 1.165) is 6.42 Å². The molecule has 4 heteroatoms. The summed E-state index contributed by atoms with van der Waals surface area (Å²) in [5.74, 6) is 0.392. The van der Waals surface area contributed by atoms with Crippen molar-refractivity contribution in [2.24, 2.45) is 5.92 Å². The van der Waals surface area contributed by atoms with Gasteiger partial charge < -0.3 is 10.2 Å². The van der Waals surface area contributed by atoms with Crippen LogP contribution in [0.4, 0.5) is 0 Å². The van der Waals surface area contributed by atoms with Crippen LogP contribution >= 0.6 is 0 Å². The van der Waals surface area contributed by atoms with Crippen LogP contribution < -0.4 is 5.32 Å². The molecule has 0 spiro atoms. The van der Waals surface area contributed by atoms with E-state index < -0.39 is 5.54 Å². The van der Waals surface area contributed by atoms with Gasteiger partial charge in [0.2, 0.25) is 11.8 Å². The molecular formula is C14H26N2O2. The smallest absolute Gasteiger partial charge is 0.248 e. The van der Waals surface area contributed by atoms with Gasteiger partial charge in [0, 0.05) is 6.04 Å². The largest absolute Gasteiger partial charge is 0.340 e. The third-order valence-electron chi connectivity index (χ3n) is 4.14. The van der Waals surface area contributed by atoms with Gasteiger partial charge in [-0.3, -0.25) is 9.59 Å². The average molecular weight is 254 g/mol. The highest BCUT2D eigenvalue weighted by molar-refractivity contribution is 5.99. The second-order valence-electron chi connectivity index (χ2n) is 5.88. The highest BCUT2D eigenvalue weighted by Crippen LogP contribution is 2.26. The Kier molecular flexibility index (Phi) is 4.41. The van der Waals surface area contributed by atoms with E-state index in [2.05, 4.69) is 19.2 Å². The Morgan fingerprint density at radius 2 is 1.83 bits per heavy atom. The Hall–Kier alpha value is -1.06. The number of carbonyl (C=O) groups is 2. The Morgan fingerprint density at radius 1 is 1.28 bits per heavy atom. The predicted molar refractivity (Wildman–Crippen MR) is 72.1 cm³/mol. The van der Waals surface area contributed by atoms with Gasteiger partial charge in [0.1, 0.15) is 11.6 Å². The summed E-state index contributed by atoms with van der Waals surface area (Å²) in [7, 11) is 0. The second-order valence-corrected chi connectivity index (χ2v) is 5.88. The first kappa shape index (κ1) is 15.0. The van der Waals surface area contributed by atoms with Crippen LogP contribution in [0.3, 0.4) is 0 Å². The van der Waals surface area contributed by atoms with Crippen LogP contribution in [0.5, 0.6) is 0 Å². The third kappa shape index (κ3) is 2.52. The van der Waals surface area contributed by atoms with Gasteiger partial charge in [-0.2, -0.15) is 0 Å². The van der Waals surface area contributed by atoms with Crippen molar-refractivity contribution in [3.8, 4) is 0 Å². The van der Waals surface area contributed by atoms with E-state index >= 15 is 0 Å². The van der Waals surface area contributed by atoms with Crippen molar-refractivity contribution in [3.05, 3.63) is 0 Å². The maximum atomic E-state index is 12.5. The molecular weight excluding hydrogens is 228 g/mol. The van der Waals surface area contributed by atoms with Crippen LogP contribution in [0.1, 0.15) is 54.4 Å². The van der Waals surface area contributed by atoms with Crippen molar-refractivity contribution < 1.29 is 9.59 Å². The van der Waals surface area contributed by atoms with E-state index in [1.54, 1.807) is 18.7 Å². The number of rotatable bonds is 4. The van der Waals surface area contributed by atoms with Crippen LogP contribution in [0.15, 0.2) is 0 Å². The van der Waals surface area contributed by atoms with E-state index in [-0.39, 0.29) is 23.9 Å². The fourth-order valence-electron chi connectivity index (χ4n) is 2.50. The summed E-state index contributed by atoms with van der Waals surface area (Å²) in [4.78, 5) is 26.4. The zero-order valence-corrected chi connectivity index (χ0v) is 12.4. The van der Waals surface area contributed by atoms with E-state index in [9.17, 15) is 9.59 Å². The van der Waals surface area contributed by atoms with Crippen LogP contribution in [0.25, 0.3) is 0 Å². The van der Waals surface area contributed by atoms with Gasteiger partial charge >= 0.3 is 0 Å². The van der Waals surface area contributed by atoms with Gasteiger partial charge in [-0.05, 0) is 33.1 Å². The third-order valence-corrected chi connectivity index (χ3v) is 4.14. The number of piperazine rings is 1. The van der Waals surface area contributed by atoms with Gasteiger partial charge in [0.15, 0.2) is 0 Å². The molecule has 1 aliphatic heterocycles. The first-order valence-corrected chi connectivity index (χ1v) is 6.91. The zero-order chi connectivity index (χ0) is 14.1. The molecule has 0 saturated carbocycles. The number of hydrogen-bond acceptors (Lipinski definition) is 2. The molecule has 0 aliphatic carbocycles. The SMILES string of the molecule is CCC(C)C(C)N1C(=O)C(C)(C)NC(=O)C1CC. The predicted octanol–water partition coefficient (Wildman–Crippen LogP) is 1.94. The lowest BCUT2D eigenvalue weighted by Crippen LogP contribution is -2.70. The van der Waals surface area contributed by atoms with Gasteiger partial charge in [0.25, 0.3) is 0 Å². The molecule has 1 fully saturated rings. The summed E-state index contributed by atoms with van der Waals surface area (Å²) in [5.41, 5.74) is -0.787. The molecule has 104 valence electrons. The molecule has 0 aromatic carbocycles. The van der Waals surface area contributed by atoms with E-state index in [1.807, 2.05) is 13.8 Å². The fraction of sp³-hybridized carbons (Fsp3) is 0.857. The van der Waals surface area contributed by atoms with Crippen molar-refractivity contribution in [2.75, 3.05) is 0 Å². The standard InChI is InChI=1S/C14H26N2O2/c1-7-9(3)10(4)16-11(8-2)12(17)15-14(5,6)13(16)18/h9-11H,7-8H2,1-6H3,(H,15,17). The Labute approximate surface area is 110 Å². The first-order chi connectivity index (χ1) is 8.26. The lowest BCUT2D eigenvalue weighted by atomic mass is 9.90. The summed E-state index contributed by atoms with van der Waals surface area (Å²) < 4.78 is 0. The molecule has 1 rings (SSSR count). The van der Waals surface area contributed by atoms with Gasteiger partial charge in [-0.1, -0.05) is 27.2 Å². The topological polar surface area (TPSA) is 49.4 Å². The van der Waals surface area contributed by atoms with Gasteiger partial charge in [-0.25, -0.2) is 0 Å². The quantitative estimate of drug-likeness (QED) is 0.833. The Morgan fingerprint density at radius 3 is 2.28 bits per heavy atom. The number of amides is 2. The molecule has 0 aromatic rings.